The number of alkyl halides is 5. The van der Waals surface area contributed by atoms with Crippen molar-refractivity contribution in [2.45, 2.75) is 101 Å². The molecule has 0 aromatic heterocycles. The van der Waals surface area contributed by atoms with Gasteiger partial charge in [-0.15, -0.1) is 0 Å². The van der Waals surface area contributed by atoms with E-state index in [1.54, 1.807) is 5.32 Å². The van der Waals surface area contributed by atoms with Crippen LogP contribution < -0.4 is 16.0 Å². The number of esters is 1. The first kappa shape index (κ1) is 33.6. The van der Waals surface area contributed by atoms with E-state index in [1.807, 2.05) is 0 Å². The van der Waals surface area contributed by atoms with E-state index >= 15 is 8.78 Å². The molecule has 0 unspecified atom stereocenters. The van der Waals surface area contributed by atoms with E-state index in [0.29, 0.717) is 31.9 Å². The first-order valence-corrected chi connectivity index (χ1v) is 14.8. The number of piperidine rings is 2. The molecule has 5 rings (SSSR count). The van der Waals surface area contributed by atoms with Gasteiger partial charge in [-0.05, 0) is 51.0 Å². The third kappa shape index (κ3) is 7.48. The van der Waals surface area contributed by atoms with Crippen LogP contribution in [0.5, 0.6) is 0 Å². The summed E-state index contributed by atoms with van der Waals surface area (Å²) in [6, 6.07) is -6.15. The number of amides is 4. The maximum Gasteiger partial charge on any atom is 0.471 e. The molecule has 0 spiro atoms. The van der Waals surface area contributed by atoms with Gasteiger partial charge in [-0.25, -0.2) is 13.6 Å². The third-order valence-electron chi connectivity index (χ3n) is 8.96. The van der Waals surface area contributed by atoms with Crippen molar-refractivity contribution in [3.05, 3.63) is 11.9 Å². The molecule has 5 fully saturated rings. The van der Waals surface area contributed by atoms with Crippen LogP contribution in [0.2, 0.25) is 0 Å². The van der Waals surface area contributed by atoms with E-state index < -0.39 is 89.9 Å². The zero-order valence-electron chi connectivity index (χ0n) is 24.1. The van der Waals surface area contributed by atoms with E-state index in [0.717, 1.165) is 11.3 Å². The highest BCUT2D eigenvalue weighted by molar-refractivity contribution is 5.94. The Bertz CT molecular complexity index is 1180. The smallest absolute Gasteiger partial charge is 0.461 e. The van der Waals surface area contributed by atoms with Gasteiger partial charge in [0.15, 0.2) is 0 Å². The van der Waals surface area contributed by atoms with Crippen LogP contribution in [0.1, 0.15) is 64.7 Å². The number of fused-ring (bicyclic) bond motifs is 3. The van der Waals surface area contributed by atoms with E-state index in [-0.39, 0.29) is 38.2 Å². The second kappa shape index (κ2) is 13.3. The molecule has 3 heterocycles. The average molecular weight is 639 g/mol. The summed E-state index contributed by atoms with van der Waals surface area (Å²) in [6.45, 7) is 1.58. The first-order chi connectivity index (χ1) is 20.6. The number of ether oxygens (including phenoxy) is 1. The van der Waals surface area contributed by atoms with Gasteiger partial charge in [0.2, 0.25) is 23.5 Å². The molecule has 6 atom stereocenters. The number of halogens is 6. The summed E-state index contributed by atoms with van der Waals surface area (Å²) >= 11 is 0. The molecule has 0 aromatic carbocycles. The molecule has 44 heavy (non-hydrogen) atoms. The third-order valence-corrected chi connectivity index (χ3v) is 8.96. The lowest BCUT2D eigenvalue weighted by molar-refractivity contribution is -0.196. The normalized spacial score (nSPS) is 28.0. The van der Waals surface area contributed by atoms with Gasteiger partial charge in [0, 0.05) is 24.9 Å². The highest BCUT2D eigenvalue weighted by atomic mass is 19.4. The quantitative estimate of drug-likeness (QED) is 0.181. The molecule has 2 bridgehead atoms. The standard InChI is InChI=1S/C28H36F6N4O6/c1-2-44-25(42)19(29)12-16(11-15-8-9-35-22(15)39)36-23(40)21-18-7-6-17(13-27(18,30)31)38(21)24(41)20(10-14-4-3-5-14)37-26(43)28(32,33)34/h12,14-18,20-21H,2-11,13H2,1H3,(H,35,39)(H,36,40)(H,37,43)/b19-12-/t15-,16+,17-,18-,20-,21-/m0/s1. The summed E-state index contributed by atoms with van der Waals surface area (Å²) in [7, 11) is 0. The zero-order valence-corrected chi connectivity index (χ0v) is 24.1. The van der Waals surface area contributed by atoms with Crippen LogP contribution in [0.4, 0.5) is 26.3 Å². The van der Waals surface area contributed by atoms with Gasteiger partial charge in [-0.2, -0.15) is 17.6 Å². The molecule has 5 aliphatic rings. The number of rotatable bonds is 11. The highest BCUT2D eigenvalue weighted by Crippen LogP contribution is 2.49. The van der Waals surface area contributed by atoms with Crippen LogP contribution in [-0.4, -0.2) is 83.9 Å². The monoisotopic (exact) mass is 638 g/mol. The Morgan fingerprint density at radius 3 is 2.34 bits per heavy atom. The zero-order chi connectivity index (χ0) is 32.4. The minimum atomic E-state index is -5.31. The summed E-state index contributed by atoms with van der Waals surface area (Å²) < 4.78 is 89.1. The lowest BCUT2D eigenvalue weighted by Crippen LogP contribution is -2.71. The van der Waals surface area contributed by atoms with Crippen molar-refractivity contribution in [3.8, 4) is 0 Å². The van der Waals surface area contributed by atoms with Crippen molar-refractivity contribution >= 4 is 29.6 Å². The lowest BCUT2D eigenvalue weighted by Gasteiger charge is -2.54. The number of carbonyl (C=O) groups excluding carboxylic acids is 5. The van der Waals surface area contributed by atoms with Crippen molar-refractivity contribution < 1.29 is 55.1 Å². The first-order valence-electron chi connectivity index (χ1n) is 14.8. The molecular formula is C28H36F6N4O6. The maximum absolute atomic E-state index is 15.2. The Kier molecular flexibility index (Phi) is 10.2. The van der Waals surface area contributed by atoms with Crippen LogP contribution in [0, 0.1) is 17.8 Å². The fourth-order valence-corrected chi connectivity index (χ4v) is 6.59. The van der Waals surface area contributed by atoms with Crippen LogP contribution in [-0.2, 0) is 28.7 Å². The van der Waals surface area contributed by atoms with E-state index in [9.17, 15) is 41.5 Å². The molecule has 3 aliphatic heterocycles. The maximum atomic E-state index is 15.2. The summed E-state index contributed by atoms with van der Waals surface area (Å²) in [4.78, 5) is 64.4. The van der Waals surface area contributed by atoms with Gasteiger partial charge in [-0.3, -0.25) is 19.2 Å². The highest BCUT2D eigenvalue weighted by Gasteiger charge is 2.61. The number of nitrogens with zero attached hydrogens (tertiary/aromatic N) is 1. The second-order valence-electron chi connectivity index (χ2n) is 11.9. The molecule has 4 amide bonds. The van der Waals surface area contributed by atoms with E-state index in [2.05, 4.69) is 15.4 Å². The topological polar surface area (TPSA) is 134 Å². The molecule has 2 saturated carbocycles. The van der Waals surface area contributed by atoms with Gasteiger partial charge in [0.25, 0.3) is 5.92 Å². The Balaban J connectivity index is 1.64. The Morgan fingerprint density at radius 1 is 1.09 bits per heavy atom. The predicted molar refractivity (Wildman–Crippen MR) is 140 cm³/mol. The molecule has 0 aromatic rings. The molecule has 10 nitrogen and oxygen atoms in total. The fourth-order valence-electron chi connectivity index (χ4n) is 6.59. The van der Waals surface area contributed by atoms with Crippen molar-refractivity contribution in [1.82, 2.24) is 20.9 Å². The molecular weight excluding hydrogens is 602 g/mol. The molecule has 3 N–H and O–H groups in total. The summed E-state index contributed by atoms with van der Waals surface area (Å²) in [5, 5.41) is 6.69. The van der Waals surface area contributed by atoms with Crippen molar-refractivity contribution in [3.63, 3.8) is 0 Å². The summed E-state index contributed by atoms with van der Waals surface area (Å²) in [5.74, 6) is -13.7. The van der Waals surface area contributed by atoms with Crippen molar-refractivity contribution in [1.29, 1.82) is 0 Å². The average Bonchev–Trinajstić information content (AvgIpc) is 3.31. The van der Waals surface area contributed by atoms with Gasteiger partial charge >= 0.3 is 18.1 Å². The van der Waals surface area contributed by atoms with Crippen LogP contribution in [0.15, 0.2) is 11.9 Å². The summed E-state index contributed by atoms with van der Waals surface area (Å²) in [6.07, 6.45) is -3.60. The van der Waals surface area contributed by atoms with Gasteiger partial charge in [0.05, 0.1) is 18.6 Å². The number of nitrogens with one attached hydrogen (secondary N) is 3. The Morgan fingerprint density at radius 2 is 1.80 bits per heavy atom. The van der Waals surface area contributed by atoms with Crippen molar-refractivity contribution in [2.24, 2.45) is 17.8 Å². The fraction of sp³-hybridized carbons (Fsp3) is 0.750. The van der Waals surface area contributed by atoms with E-state index in [4.69, 9.17) is 0 Å². The SMILES string of the molecule is CCOC(=O)/C(F)=C/[C@@H](C[C@@H]1CCNC1=O)NC(=O)[C@@H]1[C@@H]2CC[C@@H](CC2(F)F)N1C(=O)[C@H](CC1CCC1)NC(=O)C(F)(F)F. The van der Waals surface area contributed by atoms with Crippen LogP contribution >= 0.6 is 0 Å². The summed E-state index contributed by atoms with van der Waals surface area (Å²) in [5.41, 5.74) is 0. The molecule has 16 heteroatoms. The molecule has 2 aliphatic carbocycles. The molecule has 246 valence electrons. The lowest BCUT2D eigenvalue weighted by atomic mass is 9.71. The van der Waals surface area contributed by atoms with Crippen LogP contribution in [0.25, 0.3) is 0 Å². The Labute approximate surface area is 249 Å². The minimum Gasteiger partial charge on any atom is -0.461 e. The number of hydrogen-bond acceptors (Lipinski definition) is 6. The molecule has 3 saturated heterocycles. The van der Waals surface area contributed by atoms with Gasteiger partial charge < -0.3 is 25.6 Å². The predicted octanol–water partition coefficient (Wildman–Crippen LogP) is 2.67. The van der Waals surface area contributed by atoms with Crippen LogP contribution in [0.3, 0.4) is 0 Å². The number of carbonyl (C=O) groups is 5. The number of hydrogen-bond donors (Lipinski definition) is 3. The second-order valence-corrected chi connectivity index (χ2v) is 11.9. The van der Waals surface area contributed by atoms with E-state index in [1.165, 1.54) is 6.92 Å². The van der Waals surface area contributed by atoms with Gasteiger partial charge in [-0.1, -0.05) is 19.3 Å². The largest absolute Gasteiger partial charge is 0.471 e. The minimum absolute atomic E-state index is 0.0577. The molecule has 0 radical (unpaired) electrons. The van der Waals surface area contributed by atoms with Crippen molar-refractivity contribution in [2.75, 3.05) is 13.2 Å². The van der Waals surface area contributed by atoms with Gasteiger partial charge in [0.1, 0.15) is 12.1 Å². The Hall–Kier alpha value is -3.33.